The Labute approximate surface area is 212 Å². The van der Waals surface area contributed by atoms with Crippen LogP contribution in [0, 0.1) is 0 Å². The molecule has 0 N–H and O–H groups in total. The van der Waals surface area contributed by atoms with Crippen LogP contribution in [-0.2, 0) is 19.5 Å². The van der Waals surface area contributed by atoms with Crippen LogP contribution in [0.1, 0.15) is 115 Å². The van der Waals surface area contributed by atoms with Crippen LogP contribution in [0.4, 0.5) is 0 Å². The van der Waals surface area contributed by atoms with Gasteiger partial charge in [0.2, 0.25) is 0 Å². The molecule has 0 saturated heterocycles. The smallest absolute Gasteiger partial charge is 0.165 e. The lowest BCUT2D eigenvalue weighted by Gasteiger charge is -2.25. The van der Waals surface area contributed by atoms with Crippen LogP contribution in [0.3, 0.4) is 0 Å². The maximum Gasteiger partial charge on any atom is 0.165 e. The molecule has 0 aliphatic heterocycles. The summed E-state index contributed by atoms with van der Waals surface area (Å²) in [6.45, 7) is 10.1. The van der Waals surface area contributed by atoms with Crippen LogP contribution >= 0.6 is 0 Å². The number of hydrogen-bond donors (Lipinski definition) is 0. The maximum absolute atomic E-state index is 6.54. The number of unbranched alkanes of at least 4 members (excludes halogenated alkanes) is 10. The maximum atomic E-state index is 6.54. The summed E-state index contributed by atoms with van der Waals surface area (Å²) in [6.07, 6.45) is 16.3. The minimum atomic E-state index is 0.771. The van der Waals surface area contributed by atoms with Crippen LogP contribution in [0.2, 0.25) is 0 Å². The van der Waals surface area contributed by atoms with Crippen molar-refractivity contribution < 1.29 is 9.47 Å². The summed E-state index contributed by atoms with van der Waals surface area (Å²) in [4.78, 5) is 4.52. The average Bonchev–Trinajstić information content (AvgIpc) is 2.79. The van der Waals surface area contributed by atoms with Gasteiger partial charge in [-0.3, -0.25) is 0 Å². The fourth-order valence-electron chi connectivity index (χ4n) is 4.49. The first-order chi connectivity index (χ1) is 16.4. The van der Waals surface area contributed by atoms with E-state index in [1.807, 2.05) is 0 Å². The highest BCUT2D eigenvalue weighted by atomic mass is 16.5. The van der Waals surface area contributed by atoms with Crippen molar-refractivity contribution in [2.75, 3.05) is 41.4 Å². The second-order valence-corrected chi connectivity index (χ2v) is 10.4. The van der Waals surface area contributed by atoms with Crippen LogP contribution in [0.5, 0.6) is 11.5 Å². The lowest BCUT2D eigenvalue weighted by molar-refractivity contribution is 0.251. The minimum Gasteiger partial charge on any atom is -0.490 e. The average molecular weight is 477 g/mol. The number of benzene rings is 1. The third-order valence-corrected chi connectivity index (χ3v) is 6.38. The van der Waals surface area contributed by atoms with E-state index in [1.54, 1.807) is 0 Å². The number of aryl methyl sites for hydroxylation is 1. The van der Waals surface area contributed by atoms with E-state index >= 15 is 0 Å². The molecule has 1 rings (SSSR count). The summed E-state index contributed by atoms with van der Waals surface area (Å²) in [5.74, 6) is 1.94. The lowest BCUT2D eigenvalue weighted by atomic mass is 9.96. The number of rotatable bonds is 21. The second-order valence-electron chi connectivity index (χ2n) is 10.4. The molecule has 0 heterocycles. The molecule has 0 radical (unpaired) electrons. The molecule has 0 bridgehead atoms. The van der Waals surface area contributed by atoms with Gasteiger partial charge in [0, 0.05) is 18.7 Å². The molecule has 0 unspecified atom stereocenters. The molecular formula is C30H56N2O2. The fraction of sp³-hybridized carbons (Fsp3) is 0.800. The Balaban J connectivity index is 3.03. The molecule has 0 fully saturated rings. The van der Waals surface area contributed by atoms with Crippen molar-refractivity contribution in [1.29, 1.82) is 0 Å². The summed E-state index contributed by atoms with van der Waals surface area (Å²) in [7, 11) is 8.59. The Morgan fingerprint density at radius 1 is 0.588 bits per heavy atom. The van der Waals surface area contributed by atoms with Gasteiger partial charge in [-0.05, 0) is 64.6 Å². The van der Waals surface area contributed by atoms with Crippen molar-refractivity contribution >= 4 is 0 Å². The van der Waals surface area contributed by atoms with Gasteiger partial charge in [0.25, 0.3) is 0 Å². The van der Waals surface area contributed by atoms with Crippen LogP contribution in [-0.4, -0.2) is 51.2 Å². The molecular weight excluding hydrogens is 420 g/mol. The molecule has 4 nitrogen and oxygen atoms in total. The third kappa shape index (κ3) is 12.4. The lowest BCUT2D eigenvalue weighted by Crippen LogP contribution is -2.20. The number of nitrogens with zero attached hydrogens (tertiary/aromatic N) is 2. The van der Waals surface area contributed by atoms with Crippen molar-refractivity contribution in [3.8, 4) is 11.5 Å². The van der Waals surface area contributed by atoms with E-state index in [4.69, 9.17) is 9.47 Å². The van der Waals surface area contributed by atoms with Crippen molar-refractivity contribution in [2.24, 2.45) is 0 Å². The molecule has 1 aromatic rings. The van der Waals surface area contributed by atoms with E-state index in [0.717, 1.165) is 57.1 Å². The molecule has 0 aliphatic carbocycles. The van der Waals surface area contributed by atoms with Gasteiger partial charge in [-0.15, -0.1) is 0 Å². The van der Waals surface area contributed by atoms with Gasteiger partial charge in [-0.2, -0.15) is 0 Å². The molecule has 0 aliphatic rings. The van der Waals surface area contributed by atoms with Crippen LogP contribution in [0.25, 0.3) is 0 Å². The number of ether oxygens (including phenoxy) is 2. The van der Waals surface area contributed by atoms with E-state index in [1.165, 1.54) is 80.9 Å². The second kappa shape index (κ2) is 19.0. The van der Waals surface area contributed by atoms with Gasteiger partial charge in [0.15, 0.2) is 11.5 Å². The fourth-order valence-corrected chi connectivity index (χ4v) is 4.49. The van der Waals surface area contributed by atoms with E-state index in [2.05, 4.69) is 64.8 Å². The van der Waals surface area contributed by atoms with Gasteiger partial charge < -0.3 is 19.3 Å². The predicted octanol–water partition coefficient (Wildman–Crippen LogP) is 7.85. The van der Waals surface area contributed by atoms with E-state index < -0.39 is 0 Å². The highest BCUT2D eigenvalue weighted by Gasteiger charge is 2.21. The first-order valence-electron chi connectivity index (χ1n) is 14.2. The summed E-state index contributed by atoms with van der Waals surface area (Å²) in [5, 5.41) is 0. The first-order valence-corrected chi connectivity index (χ1v) is 14.2. The Hall–Kier alpha value is -1.26. The zero-order valence-corrected chi connectivity index (χ0v) is 23.8. The summed E-state index contributed by atoms with van der Waals surface area (Å²) in [6, 6.07) is 2.27. The molecule has 0 spiro atoms. The Kier molecular flexibility index (Phi) is 17.2. The summed E-state index contributed by atoms with van der Waals surface area (Å²) < 4.78 is 13.0. The van der Waals surface area contributed by atoms with Crippen LogP contribution in [0.15, 0.2) is 6.07 Å². The summed E-state index contributed by atoms with van der Waals surface area (Å²) >= 11 is 0. The quantitative estimate of drug-likeness (QED) is 0.169. The van der Waals surface area contributed by atoms with E-state index in [0.29, 0.717) is 0 Å². The molecule has 1 aromatic carbocycles. The molecule has 34 heavy (non-hydrogen) atoms. The van der Waals surface area contributed by atoms with Crippen molar-refractivity contribution in [1.82, 2.24) is 9.80 Å². The van der Waals surface area contributed by atoms with Gasteiger partial charge >= 0.3 is 0 Å². The highest BCUT2D eigenvalue weighted by Crippen LogP contribution is 2.38. The molecule has 0 amide bonds. The molecule has 0 atom stereocenters. The third-order valence-electron chi connectivity index (χ3n) is 6.38. The predicted molar refractivity (Wildman–Crippen MR) is 148 cm³/mol. The van der Waals surface area contributed by atoms with Gasteiger partial charge in [0.1, 0.15) is 0 Å². The molecule has 4 heteroatoms. The largest absolute Gasteiger partial charge is 0.490 e. The highest BCUT2D eigenvalue weighted by molar-refractivity contribution is 5.55. The van der Waals surface area contributed by atoms with Crippen molar-refractivity contribution in [2.45, 2.75) is 117 Å². The Bertz CT molecular complexity index is 643. The standard InChI is InChI=1S/C30H56N2O2/c1-8-11-13-15-17-19-21-33-29-23-26(10-3)27(24-31(4)5)28(25-32(6)7)30(29)34-22-20-18-16-14-12-9-2/h23H,8-22,24-25H2,1-7H3. The van der Waals surface area contributed by atoms with Gasteiger partial charge in [-0.1, -0.05) is 85.0 Å². The zero-order chi connectivity index (χ0) is 25.2. The zero-order valence-electron chi connectivity index (χ0n) is 23.8. The SMILES string of the molecule is CCCCCCCCOc1cc(CC)c(CN(C)C)c(CN(C)C)c1OCCCCCCCC. The summed E-state index contributed by atoms with van der Waals surface area (Å²) in [5.41, 5.74) is 4.10. The van der Waals surface area contributed by atoms with Crippen molar-refractivity contribution in [3.05, 3.63) is 22.8 Å². The monoisotopic (exact) mass is 476 g/mol. The van der Waals surface area contributed by atoms with E-state index in [-0.39, 0.29) is 0 Å². The topological polar surface area (TPSA) is 24.9 Å². The molecule has 0 aromatic heterocycles. The Morgan fingerprint density at radius 3 is 1.56 bits per heavy atom. The van der Waals surface area contributed by atoms with E-state index in [9.17, 15) is 0 Å². The van der Waals surface area contributed by atoms with Crippen molar-refractivity contribution in [3.63, 3.8) is 0 Å². The molecule has 198 valence electrons. The van der Waals surface area contributed by atoms with Gasteiger partial charge in [0.05, 0.1) is 13.2 Å². The first kappa shape index (κ1) is 30.8. The van der Waals surface area contributed by atoms with Gasteiger partial charge in [-0.25, -0.2) is 0 Å². The molecule has 0 saturated carbocycles. The van der Waals surface area contributed by atoms with Crippen LogP contribution < -0.4 is 9.47 Å². The normalized spacial score (nSPS) is 11.6. The number of hydrogen-bond acceptors (Lipinski definition) is 4. The Morgan fingerprint density at radius 2 is 1.06 bits per heavy atom. The minimum absolute atomic E-state index is 0.771.